The number of allylic oxidation sites excluding steroid dienone is 2. The van der Waals surface area contributed by atoms with Gasteiger partial charge in [-0.1, -0.05) is 91.1 Å². The van der Waals surface area contributed by atoms with Crippen LogP contribution in [0.1, 0.15) is 43.2 Å². The number of halogens is 2. The Labute approximate surface area is 170 Å². The van der Waals surface area contributed by atoms with Gasteiger partial charge < -0.3 is 18.1 Å². The minimum atomic E-state index is -0.611. The fraction of sp³-hybridized carbons (Fsp3) is 0.200. The Hall–Kier alpha value is 0.0325. The van der Waals surface area contributed by atoms with E-state index in [-0.39, 0.29) is 0 Å². The molecule has 0 heterocycles. The minimum Gasteiger partial charge on any atom is -0.345 e. The highest BCUT2D eigenvalue weighted by atomic mass is 35.5. The maximum Gasteiger partial charge on any atom is 0.513 e. The molecular formula is C20H16Cl2Mg2. The van der Waals surface area contributed by atoms with E-state index in [1.165, 1.54) is 33.4 Å². The van der Waals surface area contributed by atoms with Gasteiger partial charge in [0.15, 0.2) is 0 Å². The number of fused-ring (bicyclic) bond motifs is 2. The van der Waals surface area contributed by atoms with Crippen LogP contribution >= 0.6 is 18.1 Å². The van der Waals surface area contributed by atoms with Crippen LogP contribution in [0.25, 0.3) is 12.2 Å². The van der Waals surface area contributed by atoms with Crippen molar-refractivity contribution in [3.63, 3.8) is 0 Å². The first kappa shape index (κ1) is 17.4. The third-order valence-corrected chi connectivity index (χ3v) is 9.73. The Morgan fingerprint density at radius 2 is 1.08 bits per heavy atom. The van der Waals surface area contributed by atoms with Crippen LogP contribution in [0, 0.1) is 0 Å². The van der Waals surface area contributed by atoms with Crippen molar-refractivity contribution in [2.45, 2.75) is 20.9 Å². The van der Waals surface area contributed by atoms with E-state index in [9.17, 15) is 0 Å². The summed E-state index contributed by atoms with van der Waals surface area (Å²) in [7, 11) is 12.8. The lowest BCUT2D eigenvalue weighted by Crippen LogP contribution is -2.07. The van der Waals surface area contributed by atoms with Crippen molar-refractivity contribution in [1.82, 2.24) is 0 Å². The summed E-state index contributed by atoms with van der Waals surface area (Å²) in [4.78, 5) is 0. The van der Waals surface area contributed by atoms with Crippen LogP contribution in [0.4, 0.5) is 0 Å². The van der Waals surface area contributed by atoms with E-state index < -0.39 is 38.5 Å². The molecule has 0 N–H and O–H groups in total. The number of rotatable bonds is 5. The van der Waals surface area contributed by atoms with Crippen LogP contribution in [-0.2, 0) is 0 Å². The summed E-state index contributed by atoms with van der Waals surface area (Å²) in [6.45, 7) is 0. The number of hydrogen-bond acceptors (Lipinski definition) is 0. The monoisotopic (exact) mass is 374 g/mol. The first-order chi connectivity index (χ1) is 11.8. The molecule has 2 aliphatic carbocycles. The second kappa shape index (κ2) is 7.73. The van der Waals surface area contributed by atoms with Gasteiger partial charge >= 0.3 is 38.5 Å². The molecule has 0 aliphatic heterocycles. The molecule has 2 atom stereocenters. The molecule has 0 spiro atoms. The molecule has 0 aromatic heterocycles. The van der Waals surface area contributed by atoms with Crippen molar-refractivity contribution in [1.29, 1.82) is 0 Å². The average molecular weight is 376 g/mol. The summed E-state index contributed by atoms with van der Waals surface area (Å²) in [5.41, 5.74) is 8.70. The van der Waals surface area contributed by atoms with Gasteiger partial charge in [-0.15, -0.1) is 0 Å². The largest absolute Gasteiger partial charge is 0.513 e. The van der Waals surface area contributed by atoms with Gasteiger partial charge in [-0.25, -0.2) is 0 Å². The molecule has 4 rings (SSSR count). The highest BCUT2D eigenvalue weighted by molar-refractivity contribution is 6.95. The summed E-state index contributed by atoms with van der Waals surface area (Å²) in [5, 5.41) is 0. The highest BCUT2D eigenvalue weighted by Crippen LogP contribution is 2.42. The van der Waals surface area contributed by atoms with Crippen LogP contribution in [0.2, 0.25) is 0 Å². The molecule has 24 heavy (non-hydrogen) atoms. The van der Waals surface area contributed by atoms with Gasteiger partial charge in [0.2, 0.25) is 0 Å². The van der Waals surface area contributed by atoms with Crippen molar-refractivity contribution in [2.75, 3.05) is 0 Å². The summed E-state index contributed by atoms with van der Waals surface area (Å²) < 4.78 is 1.03. The Morgan fingerprint density at radius 1 is 0.667 bits per heavy atom. The maximum absolute atomic E-state index is 6.42. The van der Waals surface area contributed by atoms with Crippen molar-refractivity contribution in [3.8, 4) is 0 Å². The van der Waals surface area contributed by atoms with Gasteiger partial charge in [0, 0.05) is 0 Å². The Balaban J connectivity index is 1.52. The van der Waals surface area contributed by atoms with Gasteiger partial charge in [-0.3, -0.25) is 0 Å². The van der Waals surface area contributed by atoms with E-state index >= 15 is 0 Å². The molecule has 0 bridgehead atoms. The molecule has 0 saturated carbocycles. The van der Waals surface area contributed by atoms with Gasteiger partial charge in [-0.2, -0.15) is 0 Å². The third-order valence-electron chi connectivity index (χ3n) is 5.33. The van der Waals surface area contributed by atoms with Crippen LogP contribution in [-0.4, -0.2) is 38.5 Å². The Morgan fingerprint density at radius 3 is 1.50 bits per heavy atom. The number of benzene rings is 2. The Kier molecular flexibility index (Phi) is 5.62. The first-order valence-corrected chi connectivity index (χ1v) is 14.4. The zero-order valence-electron chi connectivity index (χ0n) is 13.5. The lowest BCUT2D eigenvalue weighted by molar-refractivity contribution is 0.865. The summed E-state index contributed by atoms with van der Waals surface area (Å²) in [6.07, 6.45) is 6.98. The molecule has 0 fully saturated rings. The van der Waals surface area contributed by atoms with Crippen molar-refractivity contribution in [2.24, 2.45) is 0 Å². The van der Waals surface area contributed by atoms with Gasteiger partial charge in [-0.05, 0) is 24.0 Å². The molecule has 0 radical (unpaired) electrons. The topological polar surface area (TPSA) is 0 Å². The second-order valence-corrected chi connectivity index (χ2v) is 10.7. The molecule has 0 amide bonds. The van der Waals surface area contributed by atoms with Gasteiger partial charge in [0.1, 0.15) is 0 Å². The molecular weight excluding hydrogens is 360 g/mol. The highest BCUT2D eigenvalue weighted by Gasteiger charge is 2.28. The van der Waals surface area contributed by atoms with E-state index in [0.717, 1.165) is 12.8 Å². The first-order valence-electron chi connectivity index (χ1n) is 8.52. The van der Waals surface area contributed by atoms with Crippen LogP contribution in [0.15, 0.2) is 59.7 Å². The average Bonchev–Trinajstić information content (AvgIpc) is 3.16. The van der Waals surface area contributed by atoms with E-state index in [0.29, 0.717) is 8.09 Å². The molecule has 0 saturated heterocycles. The molecule has 2 aliphatic rings. The zero-order chi connectivity index (χ0) is 16.5. The smallest absolute Gasteiger partial charge is 0.345 e. The fourth-order valence-electron chi connectivity index (χ4n) is 4.07. The van der Waals surface area contributed by atoms with E-state index in [1.807, 2.05) is 0 Å². The predicted molar refractivity (Wildman–Crippen MR) is 107 cm³/mol. The van der Waals surface area contributed by atoms with Crippen molar-refractivity contribution < 1.29 is 0 Å². The lowest BCUT2D eigenvalue weighted by Gasteiger charge is -2.17. The fourth-order valence-corrected chi connectivity index (χ4v) is 8.37. The zero-order valence-corrected chi connectivity index (χ0v) is 17.9. The second-order valence-electron chi connectivity index (χ2n) is 6.61. The van der Waals surface area contributed by atoms with Crippen LogP contribution in [0.3, 0.4) is 0 Å². The van der Waals surface area contributed by atoms with Gasteiger partial charge in [0.25, 0.3) is 0 Å². The summed E-state index contributed by atoms with van der Waals surface area (Å²) >= 11 is -1.22. The van der Waals surface area contributed by atoms with Crippen LogP contribution < -0.4 is 0 Å². The van der Waals surface area contributed by atoms with E-state index in [4.69, 9.17) is 18.1 Å². The Bertz CT molecular complexity index is 756. The predicted octanol–water partition coefficient (Wildman–Crippen LogP) is 5.76. The molecule has 2 aromatic carbocycles. The van der Waals surface area contributed by atoms with Crippen LogP contribution in [0.5, 0.6) is 0 Å². The van der Waals surface area contributed by atoms with E-state index in [1.54, 1.807) is 0 Å². The summed E-state index contributed by atoms with van der Waals surface area (Å²) in [5.74, 6) is 0. The number of hydrogen-bond donors (Lipinski definition) is 0. The standard InChI is InChI=1S/C20H16.2ClH.2Mg/c1-2-6-18-12-15(11-17(18)5-1)9-10-16-13-19-7-3-4-8-20(19)14-16;;;;/h1-8,11-14H,9-10H2;2*1H;;/q;;;2*+1/p-2. The molecule has 4 heteroatoms. The normalized spacial score (nSPS) is 20.6. The van der Waals surface area contributed by atoms with Gasteiger partial charge in [0.05, 0.1) is 0 Å². The minimum absolute atomic E-state index is 0.513. The third kappa shape index (κ3) is 3.22. The quantitative estimate of drug-likeness (QED) is 0.583. The van der Waals surface area contributed by atoms with E-state index in [2.05, 4.69) is 60.7 Å². The molecule has 114 valence electrons. The maximum atomic E-state index is 6.42. The SMILES string of the molecule is [Cl][Mg][CH]1C(CCC2=Cc3ccccc3[CH]2[Mg][Cl])=Cc2ccccc21. The van der Waals surface area contributed by atoms with Crippen molar-refractivity contribution in [3.05, 3.63) is 81.9 Å². The lowest BCUT2D eigenvalue weighted by atomic mass is 10.0. The summed E-state index contributed by atoms with van der Waals surface area (Å²) in [6, 6.07) is 17.4. The molecule has 2 aromatic rings. The molecule has 0 nitrogen and oxygen atoms in total. The van der Waals surface area contributed by atoms with Crippen molar-refractivity contribution >= 4 is 68.8 Å². The molecule has 2 unspecified atom stereocenters.